The molecule has 0 aliphatic rings. The molecular weight excluding hydrogens is 322 g/mol. The van der Waals surface area contributed by atoms with Crippen LogP contribution in [0.3, 0.4) is 0 Å². The second-order valence-corrected chi connectivity index (χ2v) is 6.18. The predicted octanol–water partition coefficient (Wildman–Crippen LogP) is 4.81. The Morgan fingerprint density at radius 2 is 1.65 bits per heavy atom. The lowest BCUT2D eigenvalue weighted by atomic mass is 10.2. The lowest BCUT2D eigenvalue weighted by Gasteiger charge is -2.22. The van der Waals surface area contributed by atoms with Gasteiger partial charge < -0.3 is 10.2 Å². The van der Waals surface area contributed by atoms with Crippen LogP contribution >= 0.6 is 0 Å². The van der Waals surface area contributed by atoms with Crippen molar-refractivity contribution in [2.45, 2.75) is 32.7 Å². The Hall–Kier alpha value is -2.95. The van der Waals surface area contributed by atoms with Crippen molar-refractivity contribution in [1.29, 1.82) is 0 Å². The molecule has 1 N–H and O–H groups in total. The Morgan fingerprint density at radius 1 is 0.923 bits per heavy atom. The van der Waals surface area contributed by atoms with Crippen molar-refractivity contribution in [1.82, 2.24) is 15.2 Å². The molecule has 0 atom stereocenters. The summed E-state index contributed by atoms with van der Waals surface area (Å²) >= 11 is 0. The van der Waals surface area contributed by atoms with Crippen LogP contribution in [-0.4, -0.2) is 21.7 Å². The number of hydrogen-bond donors (Lipinski definition) is 1. The molecule has 3 rings (SSSR count). The number of nitrogens with one attached hydrogen (secondary N) is 1. The Bertz CT molecular complexity index is 777. The van der Waals surface area contributed by atoms with E-state index in [4.69, 9.17) is 0 Å². The van der Waals surface area contributed by atoms with Gasteiger partial charge >= 0.3 is 0 Å². The Balaban J connectivity index is 1.82. The van der Waals surface area contributed by atoms with Crippen LogP contribution in [0.5, 0.6) is 0 Å². The Labute approximate surface area is 155 Å². The lowest BCUT2D eigenvalue weighted by Crippen LogP contribution is -2.20. The number of anilines is 3. The molecule has 0 unspecified atom stereocenters. The number of hydrogen-bond acceptors (Lipinski definition) is 5. The van der Waals surface area contributed by atoms with Gasteiger partial charge in [0, 0.05) is 12.2 Å². The molecule has 2 aromatic carbocycles. The highest BCUT2D eigenvalue weighted by Gasteiger charge is 2.14. The SMILES string of the molecule is CCCCCNc1cnnc(N(Cc2ccccc2)c2ccccc2)n1. The van der Waals surface area contributed by atoms with Gasteiger partial charge in [0.1, 0.15) is 0 Å². The molecule has 0 aliphatic carbocycles. The first kappa shape index (κ1) is 17.9. The molecule has 0 aliphatic heterocycles. The maximum absolute atomic E-state index is 4.68. The summed E-state index contributed by atoms with van der Waals surface area (Å²) in [6.07, 6.45) is 5.22. The molecule has 0 radical (unpaired) electrons. The number of nitrogens with zero attached hydrogens (tertiary/aromatic N) is 4. The minimum absolute atomic E-state index is 0.598. The van der Waals surface area contributed by atoms with Crippen LogP contribution in [0, 0.1) is 0 Å². The van der Waals surface area contributed by atoms with Gasteiger partial charge in [-0.15, -0.1) is 5.10 Å². The lowest BCUT2D eigenvalue weighted by molar-refractivity contribution is 0.740. The van der Waals surface area contributed by atoms with Crippen molar-refractivity contribution in [2.75, 3.05) is 16.8 Å². The number of benzene rings is 2. The molecule has 3 aromatic rings. The van der Waals surface area contributed by atoms with Gasteiger partial charge in [-0.05, 0) is 24.1 Å². The number of unbranched alkanes of at least 4 members (excludes halogenated alkanes) is 2. The van der Waals surface area contributed by atoms with E-state index in [-0.39, 0.29) is 0 Å². The van der Waals surface area contributed by atoms with Crippen molar-refractivity contribution < 1.29 is 0 Å². The van der Waals surface area contributed by atoms with Gasteiger partial charge in [-0.3, -0.25) is 0 Å². The van der Waals surface area contributed by atoms with Gasteiger partial charge in [-0.2, -0.15) is 10.1 Å². The van der Waals surface area contributed by atoms with Gasteiger partial charge in [0.15, 0.2) is 5.82 Å². The van der Waals surface area contributed by atoms with Crippen LogP contribution in [0.4, 0.5) is 17.5 Å². The van der Waals surface area contributed by atoms with Crippen LogP contribution in [-0.2, 0) is 6.54 Å². The summed E-state index contributed by atoms with van der Waals surface area (Å²) < 4.78 is 0. The molecule has 0 amide bonds. The van der Waals surface area contributed by atoms with Crippen molar-refractivity contribution in [2.24, 2.45) is 0 Å². The number of rotatable bonds is 9. The van der Waals surface area contributed by atoms with E-state index in [1.54, 1.807) is 6.20 Å². The molecule has 0 saturated carbocycles. The molecule has 0 spiro atoms. The van der Waals surface area contributed by atoms with E-state index in [0.29, 0.717) is 12.5 Å². The maximum atomic E-state index is 4.68. The summed E-state index contributed by atoms with van der Waals surface area (Å²) in [6, 6.07) is 20.5. The third-order valence-corrected chi connectivity index (χ3v) is 4.13. The monoisotopic (exact) mass is 347 g/mol. The van der Waals surface area contributed by atoms with Crippen LogP contribution < -0.4 is 10.2 Å². The Morgan fingerprint density at radius 3 is 2.38 bits per heavy atom. The normalized spacial score (nSPS) is 10.5. The highest BCUT2D eigenvalue weighted by molar-refractivity contribution is 5.58. The molecule has 134 valence electrons. The zero-order valence-corrected chi connectivity index (χ0v) is 15.2. The first-order chi connectivity index (χ1) is 12.9. The smallest absolute Gasteiger partial charge is 0.252 e. The second kappa shape index (κ2) is 9.51. The quantitative estimate of drug-likeness (QED) is 0.563. The zero-order chi connectivity index (χ0) is 18.0. The minimum atomic E-state index is 0.598. The van der Waals surface area contributed by atoms with Crippen LogP contribution in [0.2, 0.25) is 0 Å². The molecule has 26 heavy (non-hydrogen) atoms. The summed E-state index contributed by atoms with van der Waals surface area (Å²) in [5.41, 5.74) is 2.24. The largest absolute Gasteiger partial charge is 0.369 e. The van der Waals surface area contributed by atoms with Crippen molar-refractivity contribution in [3.05, 3.63) is 72.4 Å². The Kier molecular flexibility index (Phi) is 6.53. The zero-order valence-electron chi connectivity index (χ0n) is 15.2. The van der Waals surface area contributed by atoms with Crippen molar-refractivity contribution >= 4 is 17.5 Å². The molecular formula is C21H25N5. The average molecular weight is 347 g/mol. The van der Waals surface area contributed by atoms with E-state index in [0.717, 1.165) is 24.5 Å². The van der Waals surface area contributed by atoms with Gasteiger partial charge in [0.2, 0.25) is 0 Å². The molecule has 1 heterocycles. The predicted molar refractivity (Wildman–Crippen MR) is 107 cm³/mol. The van der Waals surface area contributed by atoms with Crippen LogP contribution in [0.1, 0.15) is 31.7 Å². The number of aromatic nitrogens is 3. The summed E-state index contributed by atoms with van der Waals surface area (Å²) in [5.74, 6) is 1.36. The van der Waals surface area contributed by atoms with E-state index in [1.165, 1.54) is 18.4 Å². The molecule has 0 bridgehead atoms. The second-order valence-electron chi connectivity index (χ2n) is 6.18. The van der Waals surface area contributed by atoms with Gasteiger partial charge in [-0.1, -0.05) is 68.3 Å². The number of para-hydroxylation sites is 1. The maximum Gasteiger partial charge on any atom is 0.252 e. The summed E-state index contributed by atoms with van der Waals surface area (Å²) in [4.78, 5) is 6.77. The fraction of sp³-hybridized carbons (Fsp3) is 0.286. The van der Waals surface area contributed by atoms with Crippen molar-refractivity contribution in [3.63, 3.8) is 0 Å². The van der Waals surface area contributed by atoms with E-state index >= 15 is 0 Å². The van der Waals surface area contributed by atoms with Crippen LogP contribution in [0.15, 0.2) is 66.9 Å². The van der Waals surface area contributed by atoms with Gasteiger partial charge in [0.05, 0.1) is 12.7 Å². The molecule has 5 nitrogen and oxygen atoms in total. The summed E-state index contributed by atoms with van der Waals surface area (Å²) in [6.45, 7) is 3.79. The average Bonchev–Trinajstić information content (AvgIpc) is 2.71. The van der Waals surface area contributed by atoms with E-state index in [9.17, 15) is 0 Å². The molecule has 5 heteroatoms. The highest BCUT2D eigenvalue weighted by atomic mass is 15.3. The topological polar surface area (TPSA) is 53.9 Å². The van der Waals surface area contributed by atoms with Crippen molar-refractivity contribution in [3.8, 4) is 0 Å². The minimum Gasteiger partial charge on any atom is -0.369 e. The fourth-order valence-corrected chi connectivity index (χ4v) is 2.74. The first-order valence-electron chi connectivity index (χ1n) is 9.17. The third kappa shape index (κ3) is 5.02. The molecule has 0 saturated heterocycles. The van der Waals surface area contributed by atoms with Crippen LogP contribution in [0.25, 0.3) is 0 Å². The van der Waals surface area contributed by atoms with E-state index in [1.807, 2.05) is 36.4 Å². The van der Waals surface area contributed by atoms with E-state index in [2.05, 4.69) is 56.6 Å². The summed E-state index contributed by atoms with van der Waals surface area (Å²) in [7, 11) is 0. The molecule has 1 aromatic heterocycles. The highest BCUT2D eigenvalue weighted by Crippen LogP contribution is 2.24. The van der Waals surface area contributed by atoms with Gasteiger partial charge in [-0.25, -0.2) is 0 Å². The first-order valence-corrected chi connectivity index (χ1v) is 9.17. The fourth-order valence-electron chi connectivity index (χ4n) is 2.74. The van der Waals surface area contributed by atoms with Gasteiger partial charge in [0.25, 0.3) is 5.95 Å². The summed E-state index contributed by atoms with van der Waals surface area (Å²) in [5, 5.41) is 11.8. The van der Waals surface area contributed by atoms with E-state index < -0.39 is 0 Å². The standard InChI is InChI=1S/C21H25N5/c1-2-3-10-15-22-20-16-23-25-21(24-20)26(19-13-8-5-9-14-19)17-18-11-6-4-7-12-18/h4-9,11-14,16H,2-3,10,15,17H2,1H3,(H,22,24,25). The molecule has 0 fully saturated rings. The third-order valence-electron chi connectivity index (χ3n) is 4.13.